The van der Waals surface area contributed by atoms with Crippen LogP contribution in [0.25, 0.3) is 0 Å². The number of hydrogen-bond acceptors (Lipinski definition) is 4. The maximum atomic E-state index is 11.9. The van der Waals surface area contributed by atoms with Crippen molar-refractivity contribution in [2.24, 2.45) is 0 Å². The van der Waals surface area contributed by atoms with Crippen LogP contribution in [0.5, 0.6) is 0 Å². The summed E-state index contributed by atoms with van der Waals surface area (Å²) in [5, 5.41) is 11.7. The Morgan fingerprint density at radius 1 is 1.30 bits per heavy atom. The van der Waals surface area contributed by atoms with Crippen molar-refractivity contribution in [3.8, 4) is 0 Å². The van der Waals surface area contributed by atoms with Gasteiger partial charge < -0.3 is 19.7 Å². The Hall–Kier alpha value is -2.83. The first-order chi connectivity index (χ1) is 11.0. The van der Waals surface area contributed by atoms with Crippen molar-refractivity contribution in [1.29, 1.82) is 0 Å². The Morgan fingerprint density at radius 2 is 2.00 bits per heavy atom. The molecule has 7 nitrogen and oxygen atoms in total. The molecule has 1 aromatic heterocycles. The van der Waals surface area contributed by atoms with Crippen LogP contribution in [-0.2, 0) is 16.1 Å². The molecule has 2 N–H and O–H groups in total. The lowest BCUT2D eigenvalue weighted by Crippen LogP contribution is -2.35. The van der Waals surface area contributed by atoms with Crippen molar-refractivity contribution in [3.63, 3.8) is 0 Å². The topological polar surface area (TPSA) is 93.5 Å². The summed E-state index contributed by atoms with van der Waals surface area (Å²) in [5.41, 5.74) is 1.21. The van der Waals surface area contributed by atoms with Gasteiger partial charge in [-0.2, -0.15) is 0 Å². The number of amides is 1. The maximum absolute atomic E-state index is 11.9. The second-order valence-corrected chi connectivity index (χ2v) is 5.30. The Kier molecular flexibility index (Phi) is 5.35. The first-order valence-electron chi connectivity index (χ1n) is 7.20. The molecular formula is C16H19N3O4. The van der Waals surface area contributed by atoms with Crippen LogP contribution in [0.4, 0.5) is 4.79 Å². The van der Waals surface area contributed by atoms with E-state index < -0.39 is 18.1 Å². The largest absolute Gasteiger partial charge is 0.479 e. The Morgan fingerprint density at radius 3 is 2.61 bits per heavy atom. The summed E-state index contributed by atoms with van der Waals surface area (Å²) in [4.78, 5) is 27.3. The number of carbonyl (C=O) groups is 2. The van der Waals surface area contributed by atoms with Crippen molar-refractivity contribution >= 4 is 12.1 Å². The van der Waals surface area contributed by atoms with Crippen LogP contribution in [0.2, 0.25) is 0 Å². The van der Waals surface area contributed by atoms with Crippen molar-refractivity contribution < 1.29 is 19.4 Å². The van der Waals surface area contributed by atoms with Gasteiger partial charge in [-0.25, -0.2) is 14.6 Å². The molecule has 1 atom stereocenters. The standard InChI is InChI=1S/C16H19N3O4/c1-11(2)19-10-17-8-13(19)14(15(20)21)18-16(22)23-9-12-6-4-3-5-7-12/h3-8,10-11,14H,9H2,1-2H3,(H,18,22)(H,20,21). The van der Waals surface area contributed by atoms with Crippen LogP contribution >= 0.6 is 0 Å². The molecule has 122 valence electrons. The second-order valence-electron chi connectivity index (χ2n) is 5.30. The zero-order valence-corrected chi connectivity index (χ0v) is 13.0. The molecule has 0 aliphatic rings. The Balaban J connectivity index is 2.03. The van der Waals surface area contributed by atoms with Gasteiger partial charge in [-0.05, 0) is 19.4 Å². The van der Waals surface area contributed by atoms with E-state index in [1.165, 1.54) is 12.5 Å². The number of rotatable bonds is 6. The fourth-order valence-electron chi connectivity index (χ4n) is 2.11. The van der Waals surface area contributed by atoms with Crippen molar-refractivity contribution in [1.82, 2.24) is 14.9 Å². The highest BCUT2D eigenvalue weighted by Gasteiger charge is 2.26. The molecule has 0 radical (unpaired) electrons. The summed E-state index contributed by atoms with van der Waals surface area (Å²) >= 11 is 0. The lowest BCUT2D eigenvalue weighted by atomic mass is 10.2. The molecule has 7 heteroatoms. The zero-order chi connectivity index (χ0) is 16.8. The smallest absolute Gasteiger partial charge is 0.408 e. The minimum atomic E-state index is -1.22. The molecule has 1 amide bonds. The lowest BCUT2D eigenvalue weighted by molar-refractivity contribution is -0.139. The SMILES string of the molecule is CC(C)n1cncc1C(NC(=O)OCc1ccccc1)C(=O)O. The van der Waals surface area contributed by atoms with Gasteiger partial charge >= 0.3 is 12.1 Å². The summed E-state index contributed by atoms with van der Waals surface area (Å²) < 4.78 is 6.75. The van der Waals surface area contributed by atoms with E-state index in [4.69, 9.17) is 4.74 Å². The van der Waals surface area contributed by atoms with Crippen LogP contribution in [0.15, 0.2) is 42.9 Å². The number of aromatic nitrogens is 2. The van der Waals surface area contributed by atoms with Crippen molar-refractivity contribution in [3.05, 3.63) is 54.1 Å². The molecule has 0 fully saturated rings. The molecule has 1 aromatic carbocycles. The quantitative estimate of drug-likeness (QED) is 0.854. The summed E-state index contributed by atoms with van der Waals surface area (Å²) in [6.45, 7) is 3.87. The van der Waals surface area contributed by atoms with Gasteiger partial charge in [-0.15, -0.1) is 0 Å². The highest BCUT2D eigenvalue weighted by molar-refractivity contribution is 5.80. The summed E-state index contributed by atoms with van der Waals surface area (Å²) in [6, 6.07) is 7.96. The number of imidazole rings is 1. The maximum Gasteiger partial charge on any atom is 0.408 e. The average Bonchev–Trinajstić information content (AvgIpc) is 3.00. The van der Waals surface area contributed by atoms with Gasteiger partial charge in [0.15, 0.2) is 6.04 Å². The summed E-state index contributed by atoms with van der Waals surface area (Å²) in [6.07, 6.45) is 2.17. The van der Waals surface area contributed by atoms with Crippen molar-refractivity contribution in [2.45, 2.75) is 32.5 Å². The summed E-state index contributed by atoms with van der Waals surface area (Å²) in [7, 11) is 0. The van der Waals surface area contributed by atoms with Gasteiger partial charge in [0.25, 0.3) is 0 Å². The molecule has 1 heterocycles. The van der Waals surface area contributed by atoms with E-state index in [-0.39, 0.29) is 12.6 Å². The molecule has 1 unspecified atom stereocenters. The van der Waals surface area contributed by atoms with Crippen LogP contribution < -0.4 is 5.32 Å². The number of carboxylic acids is 1. The normalized spacial score (nSPS) is 12.0. The fraction of sp³-hybridized carbons (Fsp3) is 0.312. The van der Waals surface area contributed by atoms with Crippen LogP contribution in [-0.4, -0.2) is 26.7 Å². The number of carboxylic acid groups (broad SMARTS) is 1. The molecule has 0 saturated heterocycles. The molecule has 2 rings (SSSR count). The first-order valence-corrected chi connectivity index (χ1v) is 7.20. The van der Waals surface area contributed by atoms with Gasteiger partial charge in [-0.1, -0.05) is 30.3 Å². The van der Waals surface area contributed by atoms with Crippen LogP contribution in [0.1, 0.15) is 37.2 Å². The van der Waals surface area contributed by atoms with E-state index in [2.05, 4.69) is 10.3 Å². The minimum absolute atomic E-state index is 0.0245. The molecular weight excluding hydrogens is 298 g/mol. The summed E-state index contributed by atoms with van der Waals surface area (Å²) in [5.74, 6) is -1.18. The number of nitrogens with zero attached hydrogens (tertiary/aromatic N) is 2. The van der Waals surface area contributed by atoms with E-state index in [9.17, 15) is 14.7 Å². The number of nitrogens with one attached hydrogen (secondary N) is 1. The average molecular weight is 317 g/mol. The Bertz CT molecular complexity index is 667. The third-order valence-corrected chi connectivity index (χ3v) is 3.27. The van der Waals surface area contributed by atoms with Gasteiger partial charge in [0.2, 0.25) is 0 Å². The monoisotopic (exact) mass is 317 g/mol. The number of aliphatic carboxylic acids is 1. The predicted octanol–water partition coefficient (Wildman–Crippen LogP) is 2.52. The molecule has 2 aromatic rings. The highest BCUT2D eigenvalue weighted by Crippen LogP contribution is 2.17. The highest BCUT2D eigenvalue weighted by atomic mass is 16.5. The van der Waals surface area contributed by atoms with Crippen LogP contribution in [0, 0.1) is 0 Å². The second kappa shape index (κ2) is 7.44. The van der Waals surface area contributed by atoms with Crippen molar-refractivity contribution in [2.75, 3.05) is 0 Å². The van der Waals surface area contributed by atoms with Gasteiger partial charge in [0.1, 0.15) is 6.61 Å². The number of benzene rings is 1. The van der Waals surface area contributed by atoms with E-state index in [0.717, 1.165) is 5.56 Å². The first kappa shape index (κ1) is 16.5. The lowest BCUT2D eigenvalue weighted by Gasteiger charge is -2.18. The van der Waals surface area contributed by atoms with E-state index >= 15 is 0 Å². The van der Waals surface area contributed by atoms with E-state index in [1.54, 1.807) is 4.57 Å². The van der Waals surface area contributed by atoms with Gasteiger partial charge in [0.05, 0.1) is 18.2 Å². The number of ether oxygens (including phenoxy) is 1. The molecule has 0 bridgehead atoms. The predicted molar refractivity (Wildman–Crippen MR) is 82.8 cm³/mol. The van der Waals surface area contributed by atoms with Gasteiger partial charge in [0, 0.05) is 6.04 Å². The van der Waals surface area contributed by atoms with Gasteiger partial charge in [-0.3, -0.25) is 0 Å². The molecule has 0 saturated carbocycles. The number of carbonyl (C=O) groups excluding carboxylic acids is 1. The molecule has 0 spiro atoms. The fourth-order valence-corrected chi connectivity index (χ4v) is 2.11. The number of alkyl carbamates (subject to hydrolysis) is 1. The third-order valence-electron chi connectivity index (χ3n) is 3.27. The van der Waals surface area contributed by atoms with E-state index in [0.29, 0.717) is 5.69 Å². The molecule has 0 aliphatic carbocycles. The Labute approximate surface area is 133 Å². The molecule has 23 heavy (non-hydrogen) atoms. The zero-order valence-electron chi connectivity index (χ0n) is 13.0. The number of hydrogen-bond donors (Lipinski definition) is 2. The molecule has 0 aliphatic heterocycles. The minimum Gasteiger partial charge on any atom is -0.479 e. The van der Waals surface area contributed by atoms with E-state index in [1.807, 2.05) is 44.2 Å². The van der Waals surface area contributed by atoms with Crippen LogP contribution in [0.3, 0.4) is 0 Å². The third kappa shape index (κ3) is 4.32.